The number of carbonyl (C=O) groups excluding carboxylic acids is 2. The van der Waals surface area contributed by atoms with E-state index in [4.69, 9.17) is 0 Å². The number of hydrogen-bond donors (Lipinski definition) is 1. The van der Waals surface area contributed by atoms with E-state index in [1.807, 2.05) is 24.8 Å². The Labute approximate surface area is 132 Å². The molecule has 1 heterocycles. The van der Waals surface area contributed by atoms with E-state index in [2.05, 4.69) is 31.3 Å². The molecule has 0 bridgehead atoms. The van der Waals surface area contributed by atoms with Crippen LogP contribution in [0, 0.1) is 5.92 Å². The molecule has 0 saturated carbocycles. The van der Waals surface area contributed by atoms with Gasteiger partial charge in [-0.1, -0.05) is 32.0 Å². The lowest BCUT2D eigenvalue weighted by molar-refractivity contribution is -0.126. The van der Waals surface area contributed by atoms with Crippen molar-refractivity contribution >= 4 is 17.5 Å². The lowest BCUT2D eigenvalue weighted by atomic mass is 10.0. The van der Waals surface area contributed by atoms with Gasteiger partial charge in [0, 0.05) is 24.7 Å². The molecule has 0 aromatic heterocycles. The Balaban J connectivity index is 2.27. The number of rotatable bonds is 5. The molecule has 1 unspecified atom stereocenters. The van der Waals surface area contributed by atoms with Gasteiger partial charge in [-0.2, -0.15) is 0 Å². The molecule has 1 aliphatic heterocycles. The standard InChI is InChI=1S/C18H26N2O2/c1-5-13-8-7-9-14(6-2)17(13)20-11-15(10-16(20)21)18(22)19-12(3)4/h7-9,12,15H,5-6,10-11H2,1-4H3,(H,19,22). The van der Waals surface area contributed by atoms with E-state index in [-0.39, 0.29) is 23.8 Å². The lowest BCUT2D eigenvalue weighted by Gasteiger charge is -2.23. The number of anilines is 1. The molecule has 1 aromatic rings. The molecular formula is C18H26N2O2. The van der Waals surface area contributed by atoms with Crippen molar-refractivity contribution in [2.45, 2.75) is 53.0 Å². The molecule has 1 aromatic carbocycles. The fraction of sp³-hybridized carbons (Fsp3) is 0.556. The Morgan fingerprint density at radius 3 is 2.36 bits per heavy atom. The summed E-state index contributed by atoms with van der Waals surface area (Å²) in [4.78, 5) is 26.5. The zero-order valence-electron chi connectivity index (χ0n) is 14.0. The predicted octanol–water partition coefficient (Wildman–Crippen LogP) is 2.69. The average molecular weight is 302 g/mol. The summed E-state index contributed by atoms with van der Waals surface area (Å²) in [7, 11) is 0. The Morgan fingerprint density at radius 1 is 1.27 bits per heavy atom. The maximum Gasteiger partial charge on any atom is 0.227 e. The van der Waals surface area contributed by atoms with E-state index in [1.54, 1.807) is 0 Å². The van der Waals surface area contributed by atoms with Gasteiger partial charge in [-0.3, -0.25) is 9.59 Å². The predicted molar refractivity (Wildman–Crippen MR) is 88.9 cm³/mol. The number of benzene rings is 1. The van der Waals surface area contributed by atoms with Gasteiger partial charge < -0.3 is 10.2 Å². The normalized spacial score (nSPS) is 18.1. The molecule has 2 amide bonds. The fourth-order valence-electron chi connectivity index (χ4n) is 3.06. The van der Waals surface area contributed by atoms with Gasteiger partial charge in [0.05, 0.1) is 5.92 Å². The number of hydrogen-bond acceptors (Lipinski definition) is 2. The molecule has 1 saturated heterocycles. The summed E-state index contributed by atoms with van der Waals surface area (Å²) in [6, 6.07) is 6.29. The first kappa shape index (κ1) is 16.5. The van der Waals surface area contributed by atoms with E-state index < -0.39 is 0 Å². The van der Waals surface area contributed by atoms with E-state index in [0.717, 1.165) is 18.5 Å². The number of nitrogens with one attached hydrogen (secondary N) is 1. The van der Waals surface area contributed by atoms with Crippen LogP contribution in [0.2, 0.25) is 0 Å². The fourth-order valence-corrected chi connectivity index (χ4v) is 3.06. The van der Waals surface area contributed by atoms with E-state index in [0.29, 0.717) is 13.0 Å². The van der Waals surface area contributed by atoms with Crippen LogP contribution in [-0.4, -0.2) is 24.4 Å². The first-order valence-corrected chi connectivity index (χ1v) is 8.19. The number of amides is 2. The van der Waals surface area contributed by atoms with Gasteiger partial charge >= 0.3 is 0 Å². The van der Waals surface area contributed by atoms with Gasteiger partial charge in [-0.25, -0.2) is 0 Å². The van der Waals surface area contributed by atoms with Gasteiger partial charge in [0.2, 0.25) is 11.8 Å². The van der Waals surface area contributed by atoms with Crippen LogP contribution in [0.5, 0.6) is 0 Å². The van der Waals surface area contributed by atoms with E-state index >= 15 is 0 Å². The van der Waals surface area contributed by atoms with Crippen molar-refractivity contribution in [1.29, 1.82) is 0 Å². The van der Waals surface area contributed by atoms with Gasteiger partial charge in [0.15, 0.2) is 0 Å². The van der Waals surface area contributed by atoms with Crippen LogP contribution in [0.4, 0.5) is 5.69 Å². The highest BCUT2D eigenvalue weighted by Crippen LogP contribution is 2.32. The molecule has 1 fully saturated rings. The van der Waals surface area contributed by atoms with E-state index in [1.165, 1.54) is 11.1 Å². The van der Waals surface area contributed by atoms with Crippen molar-refractivity contribution in [2.75, 3.05) is 11.4 Å². The molecule has 0 spiro atoms. The van der Waals surface area contributed by atoms with Gasteiger partial charge in [0.25, 0.3) is 0 Å². The number of para-hydroxylation sites is 1. The van der Waals surface area contributed by atoms with Crippen molar-refractivity contribution in [1.82, 2.24) is 5.32 Å². The summed E-state index contributed by atoms with van der Waals surface area (Å²) in [5, 5.41) is 2.92. The third-order valence-corrected chi connectivity index (χ3v) is 4.16. The lowest BCUT2D eigenvalue weighted by Crippen LogP contribution is -2.37. The van der Waals surface area contributed by atoms with Gasteiger partial charge in [-0.05, 0) is 37.8 Å². The van der Waals surface area contributed by atoms with E-state index in [9.17, 15) is 9.59 Å². The number of nitrogens with zero attached hydrogens (tertiary/aromatic N) is 1. The minimum atomic E-state index is -0.246. The molecule has 0 aliphatic carbocycles. The summed E-state index contributed by atoms with van der Waals surface area (Å²) in [6.07, 6.45) is 2.07. The zero-order valence-corrected chi connectivity index (χ0v) is 14.0. The molecule has 0 radical (unpaired) electrons. The largest absolute Gasteiger partial charge is 0.354 e. The molecule has 2 rings (SSSR count). The third-order valence-electron chi connectivity index (χ3n) is 4.16. The van der Waals surface area contributed by atoms with Crippen LogP contribution in [0.25, 0.3) is 0 Å². The Morgan fingerprint density at radius 2 is 1.86 bits per heavy atom. The molecule has 1 aliphatic rings. The quantitative estimate of drug-likeness (QED) is 0.909. The highest BCUT2D eigenvalue weighted by Gasteiger charge is 2.36. The monoisotopic (exact) mass is 302 g/mol. The van der Waals surface area contributed by atoms with Crippen molar-refractivity contribution < 1.29 is 9.59 Å². The minimum Gasteiger partial charge on any atom is -0.354 e. The maximum atomic E-state index is 12.5. The molecule has 1 N–H and O–H groups in total. The Bertz CT molecular complexity index is 544. The first-order valence-electron chi connectivity index (χ1n) is 8.19. The molecule has 22 heavy (non-hydrogen) atoms. The second-order valence-corrected chi connectivity index (χ2v) is 6.20. The molecule has 120 valence electrons. The number of carbonyl (C=O) groups is 2. The van der Waals surface area contributed by atoms with Gasteiger partial charge in [0.1, 0.15) is 0 Å². The Kier molecular flexibility index (Phi) is 5.22. The molecule has 4 nitrogen and oxygen atoms in total. The van der Waals surface area contributed by atoms with Crippen molar-refractivity contribution in [2.24, 2.45) is 5.92 Å². The summed E-state index contributed by atoms with van der Waals surface area (Å²) in [5.41, 5.74) is 3.38. The smallest absolute Gasteiger partial charge is 0.227 e. The van der Waals surface area contributed by atoms with Gasteiger partial charge in [-0.15, -0.1) is 0 Å². The summed E-state index contributed by atoms with van der Waals surface area (Å²) in [6.45, 7) is 8.56. The highest BCUT2D eigenvalue weighted by molar-refractivity contribution is 6.01. The van der Waals surface area contributed by atoms with Crippen LogP contribution in [-0.2, 0) is 22.4 Å². The van der Waals surface area contributed by atoms with Crippen molar-refractivity contribution in [3.63, 3.8) is 0 Å². The van der Waals surface area contributed by atoms with Crippen molar-refractivity contribution in [3.8, 4) is 0 Å². The molecular weight excluding hydrogens is 276 g/mol. The highest BCUT2D eigenvalue weighted by atomic mass is 16.2. The summed E-state index contributed by atoms with van der Waals surface area (Å²) < 4.78 is 0. The minimum absolute atomic E-state index is 0.0159. The maximum absolute atomic E-state index is 12.5. The second kappa shape index (κ2) is 6.95. The van der Waals surface area contributed by atoms with Crippen LogP contribution >= 0.6 is 0 Å². The van der Waals surface area contributed by atoms with Crippen LogP contribution in [0.3, 0.4) is 0 Å². The topological polar surface area (TPSA) is 49.4 Å². The summed E-state index contributed by atoms with van der Waals surface area (Å²) >= 11 is 0. The number of aryl methyl sites for hydroxylation is 2. The van der Waals surface area contributed by atoms with Crippen LogP contribution < -0.4 is 10.2 Å². The third kappa shape index (κ3) is 3.32. The van der Waals surface area contributed by atoms with Crippen LogP contribution in [0.1, 0.15) is 45.2 Å². The summed E-state index contributed by atoms with van der Waals surface area (Å²) in [5.74, 6) is -0.207. The Hall–Kier alpha value is -1.84. The average Bonchev–Trinajstić information content (AvgIpc) is 2.87. The first-order chi connectivity index (χ1) is 10.5. The molecule has 4 heteroatoms. The SMILES string of the molecule is CCc1cccc(CC)c1N1CC(C(=O)NC(C)C)CC1=O. The molecule has 1 atom stereocenters. The zero-order chi connectivity index (χ0) is 16.3. The van der Waals surface area contributed by atoms with Crippen LogP contribution in [0.15, 0.2) is 18.2 Å². The van der Waals surface area contributed by atoms with Crippen molar-refractivity contribution in [3.05, 3.63) is 29.3 Å². The second-order valence-electron chi connectivity index (χ2n) is 6.20.